The SMILES string of the molecule is CC(C)(C)OC(=O)CBr.CC(C)(C)OC(=O)CC(C#N)(c1cccc(OC(F)(F)F)c1)c1cccc(OC(F)(F)F)c1.N#CC(c1cccc(OC(F)(F)F)c1)c1cccc(OC(F)(F)F)c1. The van der Waals surface area contributed by atoms with Crippen molar-refractivity contribution >= 4 is 27.9 Å². The number of esters is 2. The van der Waals surface area contributed by atoms with Gasteiger partial charge in [0.15, 0.2) is 0 Å². The minimum atomic E-state index is -5.03. The fourth-order valence-corrected chi connectivity index (χ4v) is 5.66. The van der Waals surface area contributed by atoms with E-state index >= 15 is 0 Å². The van der Waals surface area contributed by atoms with Crippen LogP contribution < -0.4 is 18.9 Å². The van der Waals surface area contributed by atoms with Crippen molar-refractivity contribution in [2.24, 2.45) is 0 Å². The van der Waals surface area contributed by atoms with Crippen LogP contribution in [0.4, 0.5) is 52.7 Å². The molecule has 0 unspecified atom stereocenters. The van der Waals surface area contributed by atoms with Crippen LogP contribution in [0, 0.1) is 22.7 Å². The summed E-state index contributed by atoms with van der Waals surface area (Å²) in [6.45, 7) is 10.2. The largest absolute Gasteiger partial charge is 0.573 e. The molecule has 0 N–H and O–H groups in total. The molecule has 0 aliphatic rings. The van der Waals surface area contributed by atoms with Gasteiger partial charge in [-0.2, -0.15) is 10.5 Å². The number of nitrogens with zero attached hydrogens (tertiary/aromatic N) is 2. The lowest BCUT2D eigenvalue weighted by Gasteiger charge is -2.29. The van der Waals surface area contributed by atoms with Gasteiger partial charge >= 0.3 is 37.4 Å². The van der Waals surface area contributed by atoms with E-state index < -0.39 is 77.8 Å². The van der Waals surface area contributed by atoms with Gasteiger partial charge in [-0.1, -0.05) is 64.5 Å². The highest BCUT2D eigenvalue weighted by Gasteiger charge is 2.41. The summed E-state index contributed by atoms with van der Waals surface area (Å²) in [5.74, 6) is -4.64. The van der Waals surface area contributed by atoms with Gasteiger partial charge in [-0.15, -0.1) is 52.7 Å². The Morgan fingerprint density at radius 2 is 0.836 bits per heavy atom. The molecule has 364 valence electrons. The summed E-state index contributed by atoms with van der Waals surface area (Å²) >= 11 is 2.99. The van der Waals surface area contributed by atoms with Crippen LogP contribution in [0.1, 0.15) is 76.1 Å². The predicted molar refractivity (Wildman–Crippen MR) is 216 cm³/mol. The van der Waals surface area contributed by atoms with Gasteiger partial charge in [0.25, 0.3) is 0 Å². The van der Waals surface area contributed by atoms with E-state index in [9.17, 15) is 72.8 Å². The van der Waals surface area contributed by atoms with E-state index in [-0.39, 0.29) is 39.2 Å². The van der Waals surface area contributed by atoms with Gasteiger partial charge in [-0.05, 0) is 112 Å². The monoisotopic (exact) mass is 1030 g/mol. The predicted octanol–water partition coefficient (Wildman–Crippen LogP) is 12.9. The first-order valence-electron chi connectivity index (χ1n) is 18.8. The highest BCUT2D eigenvalue weighted by atomic mass is 79.9. The Bertz CT molecular complexity index is 2240. The molecule has 10 nitrogen and oxygen atoms in total. The Morgan fingerprint density at radius 1 is 0.522 bits per heavy atom. The molecule has 0 radical (unpaired) electrons. The number of benzene rings is 4. The molecule has 23 heteroatoms. The van der Waals surface area contributed by atoms with Crippen molar-refractivity contribution < 1.29 is 90.7 Å². The third kappa shape index (κ3) is 21.7. The van der Waals surface area contributed by atoms with Crippen molar-refractivity contribution in [2.75, 3.05) is 5.33 Å². The molecule has 0 bridgehead atoms. The zero-order valence-electron chi connectivity index (χ0n) is 35.8. The van der Waals surface area contributed by atoms with E-state index in [1.807, 2.05) is 32.9 Å². The zero-order valence-corrected chi connectivity index (χ0v) is 37.4. The smallest absolute Gasteiger partial charge is 0.460 e. The van der Waals surface area contributed by atoms with Crippen LogP contribution in [-0.2, 0) is 24.5 Å². The van der Waals surface area contributed by atoms with Gasteiger partial charge < -0.3 is 28.4 Å². The minimum Gasteiger partial charge on any atom is -0.460 e. The normalized spacial score (nSPS) is 12.1. The molecule has 0 spiro atoms. The second-order valence-electron chi connectivity index (χ2n) is 15.5. The fraction of sp³-hybridized carbons (Fsp3) is 0.364. The van der Waals surface area contributed by atoms with E-state index in [1.54, 1.807) is 20.8 Å². The molecule has 0 saturated carbocycles. The number of rotatable bonds is 11. The number of halogens is 13. The first-order valence-corrected chi connectivity index (χ1v) is 19.9. The quantitative estimate of drug-likeness (QED) is 0.0811. The van der Waals surface area contributed by atoms with Crippen LogP contribution in [0.5, 0.6) is 23.0 Å². The van der Waals surface area contributed by atoms with Crippen molar-refractivity contribution in [2.45, 2.75) is 95.9 Å². The molecule has 0 aromatic heterocycles. The maximum absolute atomic E-state index is 12.7. The molecular weight excluding hydrogens is 992 g/mol. The maximum atomic E-state index is 12.7. The number of carbonyl (C=O) groups is 2. The molecule has 0 atom stereocenters. The third-order valence-electron chi connectivity index (χ3n) is 7.65. The lowest BCUT2D eigenvalue weighted by atomic mass is 9.73. The van der Waals surface area contributed by atoms with Crippen LogP contribution in [0.2, 0.25) is 0 Å². The average molecular weight is 1030 g/mol. The van der Waals surface area contributed by atoms with Crippen LogP contribution in [-0.4, -0.2) is 53.9 Å². The molecule has 0 heterocycles. The maximum Gasteiger partial charge on any atom is 0.573 e. The molecule has 4 aromatic rings. The summed E-state index contributed by atoms with van der Waals surface area (Å²) in [6, 6.07) is 21.6. The molecule has 0 saturated heterocycles. The lowest BCUT2D eigenvalue weighted by molar-refractivity contribution is -0.275. The van der Waals surface area contributed by atoms with Crippen LogP contribution in [0.15, 0.2) is 97.1 Å². The second-order valence-corrected chi connectivity index (χ2v) is 16.0. The molecular formula is C44H39BrF12N2O8. The van der Waals surface area contributed by atoms with Gasteiger partial charge in [0.05, 0.1) is 24.5 Å². The van der Waals surface area contributed by atoms with Crippen molar-refractivity contribution in [3.05, 3.63) is 119 Å². The van der Waals surface area contributed by atoms with Crippen molar-refractivity contribution in [3.8, 4) is 35.1 Å². The summed E-state index contributed by atoms with van der Waals surface area (Å²) in [4.78, 5) is 23.2. The zero-order chi connectivity index (χ0) is 51.2. The molecule has 0 aliphatic heterocycles. The number of alkyl halides is 13. The Kier molecular flexibility index (Phi) is 19.4. The summed E-state index contributed by atoms with van der Waals surface area (Å²) in [7, 11) is 0. The van der Waals surface area contributed by atoms with Gasteiger partial charge in [-0.25, -0.2) is 0 Å². The first-order chi connectivity index (χ1) is 30.6. The Morgan fingerprint density at radius 3 is 1.10 bits per heavy atom. The van der Waals surface area contributed by atoms with Crippen LogP contribution in [0.3, 0.4) is 0 Å². The van der Waals surface area contributed by atoms with E-state index in [0.717, 1.165) is 60.7 Å². The molecule has 0 fully saturated rings. The lowest BCUT2D eigenvalue weighted by Crippen LogP contribution is -2.33. The van der Waals surface area contributed by atoms with Crippen LogP contribution >= 0.6 is 15.9 Å². The summed E-state index contributed by atoms with van der Waals surface area (Å²) < 4.78 is 175. The Balaban J connectivity index is 0.000000398. The molecule has 4 aromatic carbocycles. The van der Waals surface area contributed by atoms with E-state index in [2.05, 4.69) is 34.9 Å². The highest BCUT2D eigenvalue weighted by molar-refractivity contribution is 9.09. The summed E-state index contributed by atoms with van der Waals surface area (Å²) in [5, 5.41) is 19.7. The summed E-state index contributed by atoms with van der Waals surface area (Å²) in [5.41, 5.74) is -3.31. The van der Waals surface area contributed by atoms with Crippen molar-refractivity contribution in [1.29, 1.82) is 10.5 Å². The van der Waals surface area contributed by atoms with E-state index in [4.69, 9.17) is 9.47 Å². The highest BCUT2D eigenvalue weighted by Crippen LogP contribution is 2.40. The van der Waals surface area contributed by atoms with E-state index in [1.165, 1.54) is 36.4 Å². The summed E-state index contributed by atoms with van der Waals surface area (Å²) in [6.07, 6.45) is -20.6. The Labute approximate surface area is 384 Å². The molecule has 4 rings (SSSR count). The second kappa shape index (κ2) is 22.9. The topological polar surface area (TPSA) is 137 Å². The number of carbonyl (C=O) groups excluding carboxylic acids is 2. The standard InChI is InChI=1S/C22H19F6NO4.C16H9F6NO2.C6H11BrO2/c1-19(2,3)33-18(30)12-20(13-29,14-6-4-8-16(10-14)31-21(23,24)25)15-7-5-9-17(11-15)32-22(26,27)28;17-15(18,19)24-12-5-1-3-10(7-12)14(9-23)11-4-2-6-13(8-11)25-16(20,21)22;1-6(2,3)9-5(8)4-7/h4-11H,12H2,1-3H3;1-8,14H;4H2,1-3H3. The minimum absolute atomic E-state index is 0.123. The third-order valence-corrected chi connectivity index (χ3v) is 8.11. The number of hydrogen-bond donors (Lipinski definition) is 0. The van der Waals surface area contributed by atoms with Gasteiger partial charge in [0.2, 0.25) is 0 Å². The number of nitriles is 2. The fourth-order valence-electron chi connectivity index (χ4n) is 5.54. The van der Waals surface area contributed by atoms with Gasteiger partial charge in [-0.3, -0.25) is 9.59 Å². The Hall–Kier alpha value is -6.36. The molecule has 0 amide bonds. The van der Waals surface area contributed by atoms with Crippen molar-refractivity contribution in [1.82, 2.24) is 0 Å². The number of ether oxygens (including phenoxy) is 6. The molecule has 0 aliphatic carbocycles. The van der Waals surface area contributed by atoms with Gasteiger partial charge in [0.1, 0.15) is 44.9 Å². The first kappa shape index (κ1) is 56.8. The van der Waals surface area contributed by atoms with E-state index in [0.29, 0.717) is 0 Å². The molecule has 67 heavy (non-hydrogen) atoms. The number of hydrogen-bond acceptors (Lipinski definition) is 10. The van der Waals surface area contributed by atoms with Crippen molar-refractivity contribution in [3.63, 3.8) is 0 Å². The average Bonchev–Trinajstić information content (AvgIpc) is 3.14. The van der Waals surface area contributed by atoms with Crippen LogP contribution in [0.25, 0.3) is 0 Å². The van der Waals surface area contributed by atoms with Gasteiger partial charge in [0, 0.05) is 0 Å².